The fourth-order valence-corrected chi connectivity index (χ4v) is 4.35. The van der Waals surface area contributed by atoms with Crippen LogP contribution >= 0.6 is 0 Å². The van der Waals surface area contributed by atoms with Crippen molar-refractivity contribution in [2.75, 3.05) is 44.2 Å². The Bertz CT molecular complexity index is 954. The molecule has 174 valence electrons. The molecule has 0 saturated carbocycles. The van der Waals surface area contributed by atoms with E-state index in [0.29, 0.717) is 6.61 Å². The third-order valence-corrected chi connectivity index (χ3v) is 6.24. The van der Waals surface area contributed by atoms with Crippen LogP contribution in [-0.2, 0) is 4.74 Å². The molecule has 0 spiro atoms. The summed E-state index contributed by atoms with van der Waals surface area (Å²) in [6, 6.07) is 21.4. The molecule has 0 aliphatic carbocycles. The number of rotatable bonds is 9. The van der Waals surface area contributed by atoms with Crippen molar-refractivity contribution in [1.29, 1.82) is 0 Å². The van der Waals surface area contributed by atoms with Crippen molar-refractivity contribution in [3.05, 3.63) is 101 Å². The van der Waals surface area contributed by atoms with E-state index in [-0.39, 0.29) is 17.7 Å². The molecule has 0 unspecified atom stereocenters. The van der Waals surface area contributed by atoms with E-state index in [9.17, 15) is 8.78 Å². The molecule has 33 heavy (non-hydrogen) atoms. The number of ether oxygens (including phenoxy) is 1. The van der Waals surface area contributed by atoms with Gasteiger partial charge in [0.15, 0.2) is 0 Å². The number of hydrogen-bond donors (Lipinski definition) is 0. The normalized spacial score (nSPS) is 14.7. The maximum absolute atomic E-state index is 13.4. The molecule has 1 saturated heterocycles. The number of halogens is 2. The SMILES string of the molecule is Cc1cccc(N2CCN(CCCCOC(c3ccc(F)cc3)c3ccc(F)cc3)CC2)c1. The minimum Gasteiger partial charge on any atom is -0.369 e. The average Bonchev–Trinajstić information content (AvgIpc) is 2.83. The minimum atomic E-state index is -0.330. The maximum Gasteiger partial charge on any atom is 0.123 e. The van der Waals surface area contributed by atoms with Gasteiger partial charge in [0.05, 0.1) is 0 Å². The minimum absolute atomic E-state index is 0.279. The molecule has 0 bridgehead atoms. The zero-order valence-electron chi connectivity index (χ0n) is 19.2. The summed E-state index contributed by atoms with van der Waals surface area (Å²) < 4.78 is 32.9. The Balaban J connectivity index is 1.23. The number of nitrogens with zero attached hydrogens (tertiary/aromatic N) is 2. The second-order valence-corrected chi connectivity index (χ2v) is 8.73. The first-order valence-electron chi connectivity index (χ1n) is 11.7. The summed E-state index contributed by atoms with van der Waals surface area (Å²) in [4.78, 5) is 4.98. The van der Waals surface area contributed by atoms with Gasteiger partial charge in [0.2, 0.25) is 0 Å². The molecule has 0 N–H and O–H groups in total. The van der Waals surface area contributed by atoms with Crippen molar-refractivity contribution in [3.8, 4) is 0 Å². The zero-order chi connectivity index (χ0) is 23.0. The molecular weight excluding hydrogens is 418 g/mol. The van der Waals surface area contributed by atoms with E-state index in [0.717, 1.165) is 56.7 Å². The number of piperazine rings is 1. The van der Waals surface area contributed by atoms with Crippen LogP contribution in [0.25, 0.3) is 0 Å². The van der Waals surface area contributed by atoms with Gasteiger partial charge in [0.1, 0.15) is 17.7 Å². The van der Waals surface area contributed by atoms with Gasteiger partial charge >= 0.3 is 0 Å². The number of unbranched alkanes of at least 4 members (excludes halogenated alkanes) is 1. The van der Waals surface area contributed by atoms with Crippen molar-refractivity contribution in [3.63, 3.8) is 0 Å². The van der Waals surface area contributed by atoms with Gasteiger partial charge in [0.25, 0.3) is 0 Å². The molecule has 1 heterocycles. The van der Waals surface area contributed by atoms with Crippen LogP contribution in [0.5, 0.6) is 0 Å². The summed E-state index contributed by atoms with van der Waals surface area (Å²) in [6.45, 7) is 8.05. The molecule has 0 atom stereocenters. The first-order valence-corrected chi connectivity index (χ1v) is 11.7. The van der Waals surface area contributed by atoms with Gasteiger partial charge in [-0.3, -0.25) is 4.90 Å². The summed E-state index contributed by atoms with van der Waals surface area (Å²) in [6.07, 6.45) is 1.67. The van der Waals surface area contributed by atoms with Crippen LogP contribution < -0.4 is 4.90 Å². The third kappa shape index (κ3) is 6.62. The highest BCUT2D eigenvalue weighted by atomic mass is 19.1. The molecule has 3 aromatic carbocycles. The lowest BCUT2D eigenvalue weighted by Gasteiger charge is -2.36. The van der Waals surface area contributed by atoms with Crippen molar-refractivity contribution < 1.29 is 13.5 Å². The van der Waals surface area contributed by atoms with Crippen molar-refractivity contribution >= 4 is 5.69 Å². The van der Waals surface area contributed by atoms with Gasteiger partial charge in [0, 0.05) is 38.5 Å². The van der Waals surface area contributed by atoms with E-state index in [1.165, 1.54) is 35.5 Å². The number of aryl methyl sites for hydroxylation is 1. The Labute approximate surface area is 195 Å². The van der Waals surface area contributed by atoms with Crippen LogP contribution in [0.2, 0.25) is 0 Å². The second kappa shape index (κ2) is 11.4. The quantitative estimate of drug-likeness (QED) is 0.373. The summed E-state index contributed by atoms with van der Waals surface area (Å²) in [5.41, 5.74) is 4.36. The average molecular weight is 451 g/mol. The van der Waals surface area contributed by atoms with E-state index < -0.39 is 0 Å². The largest absolute Gasteiger partial charge is 0.369 e. The highest BCUT2D eigenvalue weighted by molar-refractivity contribution is 5.48. The molecule has 5 heteroatoms. The van der Waals surface area contributed by atoms with Crippen LogP contribution in [0.15, 0.2) is 72.8 Å². The lowest BCUT2D eigenvalue weighted by Crippen LogP contribution is -2.46. The molecule has 1 aliphatic heterocycles. The summed E-state index contributed by atoms with van der Waals surface area (Å²) in [5, 5.41) is 0. The first kappa shape index (κ1) is 23.4. The predicted molar refractivity (Wildman–Crippen MR) is 130 cm³/mol. The Kier molecular flexibility index (Phi) is 8.08. The Morgan fingerprint density at radius 2 is 1.39 bits per heavy atom. The van der Waals surface area contributed by atoms with Gasteiger partial charge in [-0.25, -0.2) is 8.78 Å². The monoisotopic (exact) mass is 450 g/mol. The molecule has 0 radical (unpaired) electrons. The summed E-state index contributed by atoms with van der Waals surface area (Å²) >= 11 is 0. The van der Waals surface area contributed by atoms with Gasteiger partial charge in [-0.2, -0.15) is 0 Å². The third-order valence-electron chi connectivity index (χ3n) is 6.24. The Morgan fingerprint density at radius 3 is 1.97 bits per heavy atom. The van der Waals surface area contributed by atoms with E-state index in [1.54, 1.807) is 24.3 Å². The molecule has 0 aromatic heterocycles. The highest BCUT2D eigenvalue weighted by Gasteiger charge is 2.18. The zero-order valence-corrected chi connectivity index (χ0v) is 19.2. The van der Waals surface area contributed by atoms with Crippen molar-refractivity contribution in [2.45, 2.75) is 25.9 Å². The van der Waals surface area contributed by atoms with Gasteiger partial charge in [-0.15, -0.1) is 0 Å². The molecule has 4 rings (SSSR count). The highest BCUT2D eigenvalue weighted by Crippen LogP contribution is 2.27. The van der Waals surface area contributed by atoms with Crippen molar-refractivity contribution in [1.82, 2.24) is 4.90 Å². The van der Waals surface area contributed by atoms with Crippen LogP contribution in [0.3, 0.4) is 0 Å². The Hall–Kier alpha value is -2.76. The van der Waals surface area contributed by atoms with Gasteiger partial charge in [-0.05, 0) is 79.4 Å². The fraction of sp³-hybridized carbons (Fsp3) is 0.357. The number of hydrogen-bond acceptors (Lipinski definition) is 3. The first-order chi connectivity index (χ1) is 16.1. The molecule has 1 aliphatic rings. The molecule has 3 nitrogen and oxygen atoms in total. The fourth-order valence-electron chi connectivity index (χ4n) is 4.35. The molecule has 0 amide bonds. The van der Waals surface area contributed by atoms with Gasteiger partial charge in [-0.1, -0.05) is 36.4 Å². The summed E-state index contributed by atoms with van der Waals surface area (Å²) in [5.74, 6) is -0.557. The Morgan fingerprint density at radius 1 is 0.788 bits per heavy atom. The lowest BCUT2D eigenvalue weighted by molar-refractivity contribution is 0.0750. The molecule has 1 fully saturated rings. The van der Waals surface area contributed by atoms with Gasteiger partial charge < -0.3 is 9.64 Å². The molecule has 3 aromatic rings. The van der Waals surface area contributed by atoms with Crippen LogP contribution in [0.4, 0.5) is 14.5 Å². The number of anilines is 1. The maximum atomic E-state index is 13.4. The van der Waals surface area contributed by atoms with E-state index in [2.05, 4.69) is 41.0 Å². The van der Waals surface area contributed by atoms with E-state index in [1.807, 2.05) is 0 Å². The standard InChI is InChI=1S/C28H32F2N2O/c1-22-5-4-6-27(21-22)32-18-16-31(17-19-32)15-2-3-20-33-28(23-7-11-25(29)12-8-23)24-9-13-26(30)14-10-24/h4-14,21,28H,2-3,15-20H2,1H3. The second-order valence-electron chi connectivity index (χ2n) is 8.73. The van der Waals surface area contributed by atoms with Crippen LogP contribution in [0.1, 0.15) is 35.6 Å². The van der Waals surface area contributed by atoms with Crippen LogP contribution in [0, 0.1) is 18.6 Å². The van der Waals surface area contributed by atoms with Crippen LogP contribution in [-0.4, -0.2) is 44.2 Å². The lowest BCUT2D eigenvalue weighted by atomic mass is 10.0. The molecular formula is C28H32F2N2O. The van der Waals surface area contributed by atoms with E-state index in [4.69, 9.17) is 4.74 Å². The number of benzene rings is 3. The summed E-state index contributed by atoms with van der Waals surface area (Å²) in [7, 11) is 0. The smallest absolute Gasteiger partial charge is 0.123 e. The van der Waals surface area contributed by atoms with E-state index >= 15 is 0 Å². The predicted octanol–water partition coefficient (Wildman–Crippen LogP) is 5.98. The topological polar surface area (TPSA) is 15.7 Å². The van der Waals surface area contributed by atoms with Crippen molar-refractivity contribution in [2.24, 2.45) is 0 Å².